The Bertz CT molecular complexity index is 1420. The summed E-state index contributed by atoms with van der Waals surface area (Å²) in [5.74, 6) is 6.59. The van der Waals surface area contributed by atoms with E-state index in [-0.39, 0.29) is 27.1 Å². The monoisotopic (exact) mass is 495 g/mol. The average Bonchev–Trinajstić information content (AvgIpc) is 3.38. The highest BCUT2D eigenvalue weighted by Crippen LogP contribution is 2.56. The molecule has 9 heteroatoms. The van der Waals surface area contributed by atoms with Crippen molar-refractivity contribution in [2.75, 3.05) is 30.8 Å². The molecule has 3 aromatic rings. The van der Waals surface area contributed by atoms with Gasteiger partial charge in [-0.25, -0.2) is 14.4 Å². The Morgan fingerprint density at radius 3 is 2.88 bits per heavy atom. The number of piperidine rings is 1. The molecular formula is C25H20Cl2FN5O. The standard InChI is InChI=1S/C25H20Cl2FN5O/c1-3-21(34)31-19-9-16-20(8-14(19)6-7-25-10-15(25)11-33(2)12-25)29-13-30-24(16)32-18-5-4-17(26)22(27)23(18)28/h3-5,8-9,13,15H,1,10-12H2,2H3,(H,31,34)(H,29,30,32)/t15-,25+/m1/s1. The van der Waals surface area contributed by atoms with Gasteiger partial charge in [-0.3, -0.25) is 4.79 Å². The number of carbonyl (C=O) groups excluding carboxylic acids is 1. The van der Waals surface area contributed by atoms with Crippen molar-refractivity contribution in [1.82, 2.24) is 14.9 Å². The summed E-state index contributed by atoms with van der Waals surface area (Å²) in [7, 11) is 2.10. The highest BCUT2D eigenvalue weighted by Gasteiger charge is 2.58. The van der Waals surface area contributed by atoms with E-state index in [1.165, 1.54) is 24.5 Å². The fourth-order valence-electron chi connectivity index (χ4n) is 4.46. The van der Waals surface area contributed by atoms with Gasteiger partial charge in [0, 0.05) is 23.9 Å². The van der Waals surface area contributed by atoms with Gasteiger partial charge in [0.25, 0.3) is 0 Å². The summed E-state index contributed by atoms with van der Waals surface area (Å²) in [6, 6.07) is 6.49. The van der Waals surface area contributed by atoms with Crippen LogP contribution in [-0.4, -0.2) is 40.9 Å². The van der Waals surface area contributed by atoms with Gasteiger partial charge in [0.2, 0.25) is 5.91 Å². The Labute approximate surface area is 206 Å². The maximum atomic E-state index is 14.6. The second-order valence-electron chi connectivity index (χ2n) is 8.68. The molecule has 2 fully saturated rings. The number of fused-ring (bicyclic) bond motifs is 2. The van der Waals surface area contributed by atoms with E-state index in [2.05, 4.69) is 51.0 Å². The van der Waals surface area contributed by atoms with Crippen molar-refractivity contribution < 1.29 is 9.18 Å². The fourth-order valence-corrected chi connectivity index (χ4v) is 4.77. The predicted molar refractivity (Wildman–Crippen MR) is 133 cm³/mol. The number of hydrogen-bond acceptors (Lipinski definition) is 5. The molecule has 0 radical (unpaired) electrons. The van der Waals surface area contributed by atoms with Crippen molar-refractivity contribution in [2.24, 2.45) is 11.3 Å². The summed E-state index contributed by atoms with van der Waals surface area (Å²) in [6.45, 7) is 5.52. The predicted octanol–water partition coefficient (Wildman–Crippen LogP) is 5.25. The van der Waals surface area contributed by atoms with Crippen LogP contribution in [0.5, 0.6) is 0 Å². The Morgan fingerprint density at radius 2 is 2.15 bits per heavy atom. The third kappa shape index (κ3) is 4.09. The Hall–Kier alpha value is -3.18. The van der Waals surface area contributed by atoms with Gasteiger partial charge in [-0.05, 0) is 49.7 Å². The number of benzene rings is 2. The van der Waals surface area contributed by atoms with E-state index < -0.39 is 5.82 Å². The van der Waals surface area contributed by atoms with Crippen molar-refractivity contribution in [1.29, 1.82) is 0 Å². The second-order valence-corrected chi connectivity index (χ2v) is 9.47. The normalized spacial score (nSPS) is 20.9. The molecule has 0 unspecified atom stereocenters. The van der Waals surface area contributed by atoms with Gasteiger partial charge in [0.1, 0.15) is 12.1 Å². The molecule has 1 aliphatic heterocycles. The van der Waals surface area contributed by atoms with Crippen molar-refractivity contribution in [3.8, 4) is 11.8 Å². The number of nitrogens with zero attached hydrogens (tertiary/aromatic N) is 3. The Kier molecular flexibility index (Phi) is 5.68. The zero-order chi connectivity index (χ0) is 24.0. The van der Waals surface area contributed by atoms with Crippen molar-refractivity contribution in [3.63, 3.8) is 0 Å². The summed E-state index contributed by atoms with van der Waals surface area (Å²) in [5.41, 5.74) is 1.86. The number of nitrogens with one attached hydrogen (secondary N) is 2. The van der Waals surface area contributed by atoms with Crippen LogP contribution in [0.25, 0.3) is 10.9 Å². The third-order valence-corrected chi connectivity index (χ3v) is 7.05. The minimum Gasteiger partial charge on any atom is -0.337 e. The Balaban J connectivity index is 1.57. The molecule has 1 saturated heterocycles. The largest absolute Gasteiger partial charge is 0.337 e. The van der Waals surface area contributed by atoms with Crippen LogP contribution < -0.4 is 10.6 Å². The molecule has 1 amide bonds. The van der Waals surface area contributed by atoms with Crippen LogP contribution in [0.4, 0.5) is 21.6 Å². The van der Waals surface area contributed by atoms with E-state index in [4.69, 9.17) is 23.2 Å². The second kappa shape index (κ2) is 8.55. The molecule has 0 spiro atoms. The lowest BCUT2D eigenvalue weighted by Gasteiger charge is -2.13. The van der Waals surface area contributed by atoms with E-state index in [0.29, 0.717) is 33.9 Å². The summed E-state index contributed by atoms with van der Waals surface area (Å²) in [4.78, 5) is 23.0. The molecule has 2 heterocycles. The number of rotatable bonds is 4. The summed E-state index contributed by atoms with van der Waals surface area (Å²) >= 11 is 11.8. The van der Waals surface area contributed by atoms with Crippen molar-refractivity contribution in [2.45, 2.75) is 6.42 Å². The van der Waals surface area contributed by atoms with Crippen LogP contribution in [0.3, 0.4) is 0 Å². The number of hydrogen-bond donors (Lipinski definition) is 2. The van der Waals surface area contributed by atoms with Gasteiger partial charge in [0.15, 0.2) is 5.82 Å². The van der Waals surface area contributed by atoms with Crippen molar-refractivity contribution in [3.05, 3.63) is 64.7 Å². The van der Waals surface area contributed by atoms with Crippen LogP contribution >= 0.6 is 23.2 Å². The molecule has 0 bridgehead atoms. The summed E-state index contributed by atoms with van der Waals surface area (Å²) < 4.78 is 14.6. The molecule has 1 aliphatic carbocycles. The van der Waals surface area contributed by atoms with E-state index in [1.54, 1.807) is 12.1 Å². The van der Waals surface area contributed by atoms with E-state index >= 15 is 0 Å². The number of anilines is 3. The van der Waals surface area contributed by atoms with Crippen molar-refractivity contribution >= 4 is 57.2 Å². The highest BCUT2D eigenvalue weighted by atomic mass is 35.5. The first kappa shape index (κ1) is 22.6. The maximum absolute atomic E-state index is 14.6. The molecule has 2 aromatic carbocycles. The SMILES string of the molecule is C=CC(=O)Nc1cc2c(Nc3ccc(Cl)c(Cl)c3F)ncnc2cc1C#C[C@@]12C[C@@H]1CN(C)C2. The first-order valence-electron chi connectivity index (χ1n) is 10.6. The maximum Gasteiger partial charge on any atom is 0.247 e. The van der Waals surface area contributed by atoms with Crippen LogP contribution in [0, 0.1) is 29.0 Å². The molecule has 1 aromatic heterocycles. The van der Waals surface area contributed by atoms with E-state index in [0.717, 1.165) is 19.5 Å². The topological polar surface area (TPSA) is 70.1 Å². The zero-order valence-corrected chi connectivity index (χ0v) is 19.8. The third-order valence-electron chi connectivity index (χ3n) is 6.27. The first-order valence-corrected chi connectivity index (χ1v) is 11.4. The van der Waals surface area contributed by atoms with Gasteiger partial charge in [-0.15, -0.1) is 0 Å². The van der Waals surface area contributed by atoms with Gasteiger partial charge in [-0.1, -0.05) is 41.6 Å². The van der Waals surface area contributed by atoms with Crippen LogP contribution in [0.2, 0.25) is 10.0 Å². The average molecular weight is 496 g/mol. The molecule has 2 N–H and O–H groups in total. The molecule has 5 rings (SSSR count). The number of amides is 1. The van der Waals surface area contributed by atoms with Crippen LogP contribution in [0.1, 0.15) is 12.0 Å². The highest BCUT2D eigenvalue weighted by molar-refractivity contribution is 6.42. The molecule has 34 heavy (non-hydrogen) atoms. The number of carbonyl (C=O) groups is 1. The quantitative estimate of drug-likeness (QED) is 0.294. The lowest BCUT2D eigenvalue weighted by atomic mass is 10.0. The minimum atomic E-state index is -0.691. The first-order chi connectivity index (χ1) is 16.3. The molecule has 1 saturated carbocycles. The molecule has 2 atom stereocenters. The number of halogens is 3. The minimum absolute atomic E-state index is 0.0210. The van der Waals surface area contributed by atoms with Gasteiger partial charge in [-0.2, -0.15) is 0 Å². The van der Waals surface area contributed by atoms with Gasteiger partial charge >= 0.3 is 0 Å². The fraction of sp³-hybridized carbons (Fsp3) is 0.240. The molecular weight excluding hydrogens is 476 g/mol. The van der Waals surface area contributed by atoms with Crippen LogP contribution in [0.15, 0.2) is 43.2 Å². The molecule has 172 valence electrons. The van der Waals surface area contributed by atoms with Gasteiger partial charge in [0.05, 0.1) is 32.5 Å². The molecule has 6 nitrogen and oxygen atoms in total. The van der Waals surface area contributed by atoms with E-state index in [1.807, 2.05) is 0 Å². The lowest BCUT2D eigenvalue weighted by molar-refractivity contribution is -0.111. The smallest absolute Gasteiger partial charge is 0.247 e. The summed E-state index contributed by atoms with van der Waals surface area (Å²) in [5, 5.41) is 6.26. The van der Waals surface area contributed by atoms with Crippen LogP contribution in [-0.2, 0) is 4.79 Å². The summed E-state index contributed by atoms with van der Waals surface area (Å²) in [6.07, 6.45) is 3.66. The van der Waals surface area contributed by atoms with E-state index in [9.17, 15) is 9.18 Å². The molecule has 2 aliphatic rings. The Morgan fingerprint density at radius 1 is 1.32 bits per heavy atom. The van der Waals surface area contributed by atoms with Gasteiger partial charge < -0.3 is 15.5 Å². The lowest BCUT2D eigenvalue weighted by Crippen LogP contribution is -2.19. The number of aromatic nitrogens is 2. The zero-order valence-electron chi connectivity index (χ0n) is 18.3. The number of likely N-dealkylation sites (tertiary alicyclic amines) is 1.